The number of pyridine rings is 1. The number of nitrogens with one attached hydrogen (secondary N) is 1. The zero-order valence-corrected chi connectivity index (χ0v) is 17.2. The van der Waals surface area contributed by atoms with E-state index in [1.807, 2.05) is 6.07 Å². The van der Waals surface area contributed by atoms with Crippen LogP contribution in [0.3, 0.4) is 0 Å². The molecule has 0 fully saturated rings. The molecule has 0 saturated heterocycles. The fraction of sp³-hybridized carbons (Fsp3) is 0.0455. The van der Waals surface area contributed by atoms with Crippen molar-refractivity contribution < 1.29 is 13.6 Å². The van der Waals surface area contributed by atoms with Crippen molar-refractivity contribution in [2.45, 2.75) is 6.54 Å². The van der Waals surface area contributed by atoms with Gasteiger partial charge in [0.15, 0.2) is 0 Å². The highest BCUT2D eigenvalue weighted by molar-refractivity contribution is 6.30. The van der Waals surface area contributed by atoms with Crippen molar-refractivity contribution in [3.05, 3.63) is 101 Å². The Bertz CT molecular complexity index is 1270. The predicted octanol–water partition coefficient (Wildman–Crippen LogP) is 4.08. The van der Waals surface area contributed by atoms with Gasteiger partial charge < -0.3 is 0 Å². The number of hydrogen-bond donors (Lipinski definition) is 1. The molecule has 0 saturated carbocycles. The molecule has 0 aliphatic heterocycles. The number of carbonyl (C=O) groups is 1. The second kappa shape index (κ2) is 9.44. The molecule has 0 atom stereocenters. The topological polar surface area (TPSA) is 85.1 Å². The molecule has 2 aromatic carbocycles. The van der Waals surface area contributed by atoms with E-state index in [-0.39, 0.29) is 11.4 Å². The van der Waals surface area contributed by atoms with Gasteiger partial charge in [-0.2, -0.15) is 5.10 Å². The smallest absolute Gasteiger partial charge is 0.267 e. The number of carbonyl (C=O) groups excluding carboxylic acids is 1. The third-order valence-corrected chi connectivity index (χ3v) is 4.79. The molecule has 0 aliphatic rings. The average Bonchev–Trinajstić information content (AvgIpc) is 3.23. The summed E-state index contributed by atoms with van der Waals surface area (Å²) in [5, 5.41) is 12.1. The first-order chi connectivity index (χ1) is 15.5. The van der Waals surface area contributed by atoms with Crippen molar-refractivity contribution >= 4 is 23.7 Å². The van der Waals surface area contributed by atoms with Crippen LogP contribution in [0.5, 0.6) is 0 Å². The van der Waals surface area contributed by atoms with Crippen LogP contribution in [0.4, 0.5) is 8.78 Å². The summed E-state index contributed by atoms with van der Waals surface area (Å²) in [6.07, 6.45) is 4.57. The molecule has 0 radical (unpaired) electrons. The van der Waals surface area contributed by atoms with Crippen molar-refractivity contribution in [2.75, 3.05) is 0 Å². The van der Waals surface area contributed by atoms with Crippen LogP contribution in [0, 0.1) is 11.6 Å². The van der Waals surface area contributed by atoms with Gasteiger partial charge in [-0.3, -0.25) is 4.79 Å². The zero-order valence-electron chi connectivity index (χ0n) is 16.4. The Balaban J connectivity index is 1.42. The number of benzene rings is 2. The van der Waals surface area contributed by atoms with E-state index in [4.69, 9.17) is 11.6 Å². The second-order valence-corrected chi connectivity index (χ2v) is 7.09. The van der Waals surface area contributed by atoms with E-state index in [0.717, 1.165) is 11.1 Å². The molecule has 2 aromatic heterocycles. The van der Waals surface area contributed by atoms with E-state index >= 15 is 0 Å². The van der Waals surface area contributed by atoms with E-state index in [9.17, 15) is 13.6 Å². The highest BCUT2D eigenvalue weighted by atomic mass is 35.5. The fourth-order valence-electron chi connectivity index (χ4n) is 2.85. The molecule has 4 rings (SSSR count). The minimum absolute atomic E-state index is 0.274. The first-order valence-electron chi connectivity index (χ1n) is 9.37. The van der Waals surface area contributed by atoms with Crippen LogP contribution in [0.2, 0.25) is 5.15 Å². The van der Waals surface area contributed by atoms with E-state index in [0.29, 0.717) is 23.0 Å². The lowest BCUT2D eigenvalue weighted by molar-refractivity contribution is 0.0955. The summed E-state index contributed by atoms with van der Waals surface area (Å²) in [5.41, 5.74) is 5.31. The number of nitrogens with zero attached hydrogens (tertiary/aromatic N) is 5. The van der Waals surface area contributed by atoms with Gasteiger partial charge in [-0.15, -0.1) is 5.10 Å². The van der Waals surface area contributed by atoms with Crippen LogP contribution in [-0.2, 0) is 6.54 Å². The number of halogens is 3. The van der Waals surface area contributed by atoms with Crippen LogP contribution in [0.1, 0.15) is 21.6 Å². The molecule has 0 bridgehead atoms. The van der Waals surface area contributed by atoms with Crippen LogP contribution in [0.25, 0.3) is 11.1 Å². The maximum atomic E-state index is 13.2. The lowest BCUT2D eigenvalue weighted by Gasteiger charge is -2.07. The average molecular weight is 453 g/mol. The lowest BCUT2D eigenvalue weighted by Crippen LogP contribution is -2.17. The van der Waals surface area contributed by atoms with Gasteiger partial charge in [-0.25, -0.2) is 23.9 Å². The van der Waals surface area contributed by atoms with Gasteiger partial charge in [-0.05, 0) is 48.0 Å². The third kappa shape index (κ3) is 5.19. The molecule has 7 nitrogen and oxygen atoms in total. The fourth-order valence-corrected chi connectivity index (χ4v) is 3.02. The number of aromatic nitrogens is 4. The van der Waals surface area contributed by atoms with Gasteiger partial charge in [0.1, 0.15) is 22.5 Å². The quantitative estimate of drug-likeness (QED) is 0.271. The summed E-state index contributed by atoms with van der Waals surface area (Å²) in [5.74, 6) is -1.23. The Hall–Kier alpha value is -3.98. The monoisotopic (exact) mass is 452 g/mol. The Labute approximate surface area is 186 Å². The minimum atomic E-state index is -0.482. The molecule has 10 heteroatoms. The molecular weight excluding hydrogens is 438 g/mol. The Morgan fingerprint density at radius 3 is 2.47 bits per heavy atom. The van der Waals surface area contributed by atoms with E-state index in [1.165, 1.54) is 42.6 Å². The van der Waals surface area contributed by atoms with Gasteiger partial charge >= 0.3 is 0 Å². The molecule has 32 heavy (non-hydrogen) atoms. The van der Waals surface area contributed by atoms with Crippen LogP contribution in [-0.4, -0.2) is 32.1 Å². The van der Waals surface area contributed by atoms with E-state index in [1.54, 1.807) is 29.2 Å². The van der Waals surface area contributed by atoms with E-state index < -0.39 is 11.7 Å². The largest absolute Gasteiger partial charge is 0.271 e. The molecule has 1 N–H and O–H groups in total. The van der Waals surface area contributed by atoms with Crippen molar-refractivity contribution in [3.63, 3.8) is 0 Å². The predicted molar refractivity (Wildman–Crippen MR) is 115 cm³/mol. The first kappa shape index (κ1) is 21.3. The SMILES string of the molecule is O=C(N/N=C/c1cn(Cc2cc(-c3ccc(F)cc3)cnc2Cl)nn1)c1ccc(F)cc1. The summed E-state index contributed by atoms with van der Waals surface area (Å²) in [6, 6.07) is 13.0. The summed E-state index contributed by atoms with van der Waals surface area (Å²) in [7, 11) is 0. The molecule has 0 aliphatic carbocycles. The van der Waals surface area contributed by atoms with Gasteiger partial charge in [0.2, 0.25) is 0 Å². The van der Waals surface area contributed by atoms with Crippen molar-refractivity contribution in [1.82, 2.24) is 25.4 Å². The zero-order chi connectivity index (χ0) is 22.5. The number of rotatable bonds is 6. The maximum Gasteiger partial charge on any atom is 0.271 e. The Kier molecular flexibility index (Phi) is 6.27. The number of amides is 1. The van der Waals surface area contributed by atoms with Crippen molar-refractivity contribution in [1.29, 1.82) is 0 Å². The Morgan fingerprint density at radius 1 is 1.06 bits per heavy atom. The van der Waals surface area contributed by atoms with Gasteiger partial charge in [0.25, 0.3) is 5.91 Å². The maximum absolute atomic E-state index is 13.2. The molecule has 2 heterocycles. The molecule has 0 spiro atoms. The highest BCUT2D eigenvalue weighted by Gasteiger charge is 2.09. The van der Waals surface area contributed by atoms with Gasteiger partial charge in [0, 0.05) is 22.9 Å². The standard InChI is InChI=1S/C22H15ClF2N6O/c23-21-17(9-16(10-26-21)14-1-5-18(24)6-2-14)12-31-13-20(28-30-31)11-27-29-22(32)15-3-7-19(25)8-4-15/h1-11,13H,12H2,(H,29,32)/b27-11+. The van der Waals surface area contributed by atoms with Crippen LogP contribution in [0.15, 0.2) is 72.1 Å². The third-order valence-electron chi connectivity index (χ3n) is 4.45. The summed E-state index contributed by atoms with van der Waals surface area (Å²) < 4.78 is 27.6. The molecule has 1 amide bonds. The van der Waals surface area contributed by atoms with E-state index in [2.05, 4.69) is 25.8 Å². The van der Waals surface area contributed by atoms with Crippen LogP contribution >= 0.6 is 11.6 Å². The lowest BCUT2D eigenvalue weighted by atomic mass is 10.1. The molecule has 0 unspecified atom stereocenters. The van der Waals surface area contributed by atoms with Crippen LogP contribution < -0.4 is 5.43 Å². The van der Waals surface area contributed by atoms with Gasteiger partial charge in [-0.1, -0.05) is 28.9 Å². The highest BCUT2D eigenvalue weighted by Crippen LogP contribution is 2.24. The minimum Gasteiger partial charge on any atom is -0.267 e. The normalized spacial score (nSPS) is 11.1. The summed E-state index contributed by atoms with van der Waals surface area (Å²) >= 11 is 6.22. The molecule has 160 valence electrons. The second-order valence-electron chi connectivity index (χ2n) is 6.73. The Morgan fingerprint density at radius 2 is 1.75 bits per heavy atom. The first-order valence-corrected chi connectivity index (χ1v) is 9.75. The number of hydrogen-bond acceptors (Lipinski definition) is 5. The molecule has 4 aromatic rings. The summed E-state index contributed by atoms with van der Waals surface area (Å²) in [6.45, 7) is 0.295. The van der Waals surface area contributed by atoms with Crippen molar-refractivity contribution in [2.24, 2.45) is 5.10 Å². The van der Waals surface area contributed by atoms with Gasteiger partial charge in [0.05, 0.1) is 19.0 Å². The number of hydrazone groups is 1. The van der Waals surface area contributed by atoms with Crippen molar-refractivity contribution in [3.8, 4) is 11.1 Å². The summed E-state index contributed by atoms with van der Waals surface area (Å²) in [4.78, 5) is 16.2. The molecular formula is C22H15ClF2N6O.